The van der Waals surface area contributed by atoms with Gasteiger partial charge in [0, 0.05) is 47.3 Å². The number of imidazole rings is 1. The van der Waals surface area contributed by atoms with Crippen LogP contribution in [-0.4, -0.2) is 39.1 Å². The van der Waals surface area contributed by atoms with Gasteiger partial charge < -0.3 is 19.6 Å². The van der Waals surface area contributed by atoms with Gasteiger partial charge in [-0.05, 0) is 30.7 Å². The Balaban J connectivity index is 1.52. The summed E-state index contributed by atoms with van der Waals surface area (Å²) in [7, 11) is 1.64. The number of methoxy groups -OCH3 is 1. The van der Waals surface area contributed by atoms with Crippen LogP contribution in [0.3, 0.4) is 0 Å². The first kappa shape index (κ1) is 19.8. The number of aromatic nitrogens is 4. The molecule has 0 aliphatic carbocycles. The molecule has 0 atom stereocenters. The molecule has 0 saturated carbocycles. The number of benzene rings is 2. The summed E-state index contributed by atoms with van der Waals surface area (Å²) in [5, 5.41) is 5.01. The predicted octanol–water partition coefficient (Wildman–Crippen LogP) is 4.41. The lowest BCUT2D eigenvalue weighted by molar-refractivity contribution is 0.0948. The largest absolute Gasteiger partial charge is 0.496 e. The van der Waals surface area contributed by atoms with Gasteiger partial charge in [-0.2, -0.15) is 0 Å². The summed E-state index contributed by atoms with van der Waals surface area (Å²) in [5.41, 5.74) is 3.79. The van der Waals surface area contributed by atoms with Gasteiger partial charge in [-0.1, -0.05) is 30.3 Å². The molecule has 32 heavy (non-hydrogen) atoms. The Morgan fingerprint density at radius 2 is 1.97 bits per heavy atom. The van der Waals surface area contributed by atoms with Crippen LogP contribution < -0.4 is 10.1 Å². The molecular weight excluding hydrogens is 402 g/mol. The van der Waals surface area contributed by atoms with Gasteiger partial charge in [-0.3, -0.25) is 4.79 Å². The van der Waals surface area contributed by atoms with E-state index in [1.165, 1.54) is 0 Å². The second-order valence-corrected chi connectivity index (χ2v) is 7.56. The summed E-state index contributed by atoms with van der Waals surface area (Å²) < 4.78 is 7.56. The first-order chi connectivity index (χ1) is 15.7. The van der Waals surface area contributed by atoms with Gasteiger partial charge in [-0.15, -0.1) is 0 Å². The summed E-state index contributed by atoms with van der Waals surface area (Å²) in [6.45, 7) is 1.34. The maximum atomic E-state index is 13.0. The van der Waals surface area contributed by atoms with Crippen molar-refractivity contribution in [1.29, 1.82) is 0 Å². The number of hydrogen-bond donors (Lipinski definition) is 2. The van der Waals surface area contributed by atoms with Crippen LogP contribution >= 0.6 is 0 Å². The number of aromatic amines is 1. The molecule has 0 bridgehead atoms. The third-order valence-corrected chi connectivity index (χ3v) is 5.53. The minimum Gasteiger partial charge on any atom is -0.496 e. The molecular formula is C25H23N5O2. The Bertz CT molecular complexity index is 1390. The Hall–Kier alpha value is -4.13. The lowest BCUT2D eigenvalue weighted by atomic mass is 10.1. The lowest BCUT2D eigenvalue weighted by Crippen LogP contribution is -2.26. The fourth-order valence-electron chi connectivity index (χ4n) is 3.97. The second-order valence-electron chi connectivity index (χ2n) is 7.56. The predicted molar refractivity (Wildman–Crippen MR) is 125 cm³/mol. The van der Waals surface area contributed by atoms with Crippen molar-refractivity contribution in [1.82, 2.24) is 24.8 Å². The minimum absolute atomic E-state index is 0.195. The van der Waals surface area contributed by atoms with E-state index >= 15 is 0 Å². The molecule has 0 saturated heterocycles. The van der Waals surface area contributed by atoms with E-state index in [4.69, 9.17) is 9.72 Å². The van der Waals surface area contributed by atoms with Crippen molar-refractivity contribution in [3.63, 3.8) is 0 Å². The van der Waals surface area contributed by atoms with Crippen molar-refractivity contribution in [2.75, 3.05) is 13.7 Å². The molecule has 3 aromatic heterocycles. The first-order valence-electron chi connectivity index (χ1n) is 10.5. The molecule has 7 nitrogen and oxygen atoms in total. The fraction of sp³-hybridized carbons (Fsp3) is 0.160. The number of nitrogens with zero attached hydrogens (tertiary/aromatic N) is 3. The van der Waals surface area contributed by atoms with Crippen LogP contribution in [0.1, 0.15) is 16.9 Å². The van der Waals surface area contributed by atoms with Crippen LogP contribution in [-0.2, 0) is 6.54 Å². The number of H-pyrrole nitrogens is 1. The van der Waals surface area contributed by atoms with Gasteiger partial charge in [-0.25, -0.2) is 9.97 Å². The number of ether oxygens (including phenoxy) is 1. The van der Waals surface area contributed by atoms with Crippen molar-refractivity contribution in [3.05, 3.63) is 79.0 Å². The van der Waals surface area contributed by atoms with Crippen molar-refractivity contribution in [2.45, 2.75) is 13.0 Å². The molecule has 0 radical (unpaired) electrons. The molecule has 2 aromatic carbocycles. The molecule has 0 unspecified atom stereocenters. The number of carbonyl (C=O) groups excluding carboxylic acids is 1. The summed E-state index contributed by atoms with van der Waals surface area (Å²) in [5.74, 6) is 0.511. The standard InChI is InChI=1S/C25H23N5O2/c1-32-22-10-5-3-8-18(22)23-24-19(17-7-2-4-9-20(17)28-24)15-21(29-23)25(31)27-11-6-13-30-14-12-26-16-30/h2-5,7-10,12,14-16,28H,6,11,13H2,1H3,(H,27,31). The van der Waals surface area contributed by atoms with Crippen LogP contribution in [0.2, 0.25) is 0 Å². The van der Waals surface area contributed by atoms with E-state index in [1.54, 1.807) is 19.6 Å². The van der Waals surface area contributed by atoms with Crippen molar-refractivity contribution < 1.29 is 9.53 Å². The van der Waals surface area contributed by atoms with E-state index in [9.17, 15) is 4.79 Å². The maximum Gasteiger partial charge on any atom is 0.269 e. The maximum absolute atomic E-state index is 13.0. The average Bonchev–Trinajstić information content (AvgIpc) is 3.49. The van der Waals surface area contributed by atoms with Crippen LogP contribution in [0.15, 0.2) is 73.3 Å². The lowest BCUT2D eigenvalue weighted by Gasteiger charge is -2.11. The quantitative estimate of drug-likeness (QED) is 0.378. The molecule has 0 spiro atoms. The zero-order chi connectivity index (χ0) is 21.9. The number of amides is 1. The highest BCUT2D eigenvalue weighted by Crippen LogP contribution is 2.36. The monoisotopic (exact) mass is 425 g/mol. The number of hydrogen-bond acceptors (Lipinski definition) is 4. The number of rotatable bonds is 7. The van der Waals surface area contributed by atoms with E-state index in [0.29, 0.717) is 23.7 Å². The van der Waals surface area contributed by atoms with Crippen LogP contribution in [0.25, 0.3) is 33.1 Å². The van der Waals surface area contributed by atoms with Crippen LogP contribution in [0.4, 0.5) is 0 Å². The number of aryl methyl sites for hydroxylation is 1. The molecule has 1 amide bonds. The molecule has 5 rings (SSSR count). The van der Waals surface area contributed by atoms with Gasteiger partial charge in [0.1, 0.15) is 11.4 Å². The first-order valence-corrected chi connectivity index (χ1v) is 10.5. The third-order valence-electron chi connectivity index (χ3n) is 5.53. The third kappa shape index (κ3) is 3.69. The van der Waals surface area contributed by atoms with Crippen molar-refractivity contribution in [2.24, 2.45) is 0 Å². The zero-order valence-electron chi connectivity index (χ0n) is 17.7. The molecule has 3 heterocycles. The van der Waals surface area contributed by atoms with E-state index in [1.807, 2.05) is 65.4 Å². The van der Waals surface area contributed by atoms with Gasteiger partial charge in [0.15, 0.2) is 0 Å². The summed E-state index contributed by atoms with van der Waals surface area (Å²) in [6, 6.07) is 17.6. The second kappa shape index (κ2) is 8.55. The van der Waals surface area contributed by atoms with E-state index < -0.39 is 0 Å². The number of fused-ring (bicyclic) bond motifs is 3. The minimum atomic E-state index is -0.195. The Labute approximate surface area is 185 Å². The molecule has 2 N–H and O–H groups in total. The van der Waals surface area contributed by atoms with Gasteiger partial charge >= 0.3 is 0 Å². The Morgan fingerprint density at radius 3 is 2.81 bits per heavy atom. The summed E-state index contributed by atoms with van der Waals surface area (Å²) >= 11 is 0. The SMILES string of the molecule is COc1ccccc1-c1nc(C(=O)NCCCn2ccnc2)cc2c1[nH]c1ccccc12. The number of para-hydroxylation sites is 2. The van der Waals surface area contributed by atoms with Gasteiger partial charge in [0.25, 0.3) is 5.91 Å². The molecule has 0 aliphatic rings. The molecule has 160 valence electrons. The van der Waals surface area contributed by atoms with Crippen molar-refractivity contribution >= 4 is 27.7 Å². The Kier molecular flexibility index (Phi) is 5.29. The van der Waals surface area contributed by atoms with Gasteiger partial charge in [0.2, 0.25) is 0 Å². The van der Waals surface area contributed by atoms with E-state index in [2.05, 4.69) is 15.3 Å². The number of pyridine rings is 1. The van der Waals surface area contributed by atoms with Crippen molar-refractivity contribution in [3.8, 4) is 17.0 Å². The molecule has 7 heteroatoms. The highest BCUT2D eigenvalue weighted by molar-refractivity contribution is 6.13. The van der Waals surface area contributed by atoms with E-state index in [0.717, 1.165) is 40.3 Å². The Morgan fingerprint density at radius 1 is 1.12 bits per heavy atom. The highest BCUT2D eigenvalue weighted by atomic mass is 16.5. The molecule has 5 aromatic rings. The number of nitrogens with one attached hydrogen (secondary N) is 2. The smallest absolute Gasteiger partial charge is 0.269 e. The van der Waals surface area contributed by atoms with Crippen LogP contribution in [0, 0.1) is 0 Å². The molecule has 0 fully saturated rings. The highest BCUT2D eigenvalue weighted by Gasteiger charge is 2.18. The zero-order valence-corrected chi connectivity index (χ0v) is 17.7. The summed E-state index contributed by atoms with van der Waals surface area (Å²) in [6.07, 6.45) is 6.23. The number of carbonyl (C=O) groups is 1. The normalized spacial score (nSPS) is 11.2. The fourth-order valence-corrected chi connectivity index (χ4v) is 3.97. The average molecular weight is 425 g/mol. The van der Waals surface area contributed by atoms with Crippen LogP contribution in [0.5, 0.6) is 5.75 Å². The van der Waals surface area contributed by atoms with Gasteiger partial charge in [0.05, 0.1) is 24.6 Å². The molecule has 0 aliphatic heterocycles. The van der Waals surface area contributed by atoms with E-state index in [-0.39, 0.29) is 5.91 Å². The summed E-state index contributed by atoms with van der Waals surface area (Å²) in [4.78, 5) is 25.3. The topological polar surface area (TPSA) is 84.8 Å².